The van der Waals surface area contributed by atoms with Gasteiger partial charge in [0.1, 0.15) is 20.2 Å². The largest absolute Gasteiger partial charge is 1.00 e. The zero-order valence-corrected chi connectivity index (χ0v) is 49.8. The third-order valence-electron chi connectivity index (χ3n) is 9.57. The van der Waals surface area contributed by atoms with Crippen LogP contribution < -0.4 is 160 Å². The van der Waals surface area contributed by atoms with Crippen LogP contribution in [0.4, 0.5) is 58.4 Å². The summed E-state index contributed by atoms with van der Waals surface area (Å²) in [6.45, 7) is -1.55. The number of aromatic carboxylic acids is 2. The second-order valence-electron chi connectivity index (χ2n) is 14.4. The van der Waals surface area contributed by atoms with E-state index in [1.807, 2.05) is 0 Å². The maximum Gasteiger partial charge on any atom is 1.00 e. The maximum absolute atomic E-state index is 12.6. The summed E-state index contributed by atoms with van der Waals surface area (Å²) < 4.78 is 75.8. The van der Waals surface area contributed by atoms with Crippen molar-refractivity contribution in [2.45, 2.75) is 9.79 Å². The Labute approximate surface area is 511 Å². The number of anilines is 10. The summed E-state index contributed by atoms with van der Waals surface area (Å²) in [5.74, 6) is -3.57. The van der Waals surface area contributed by atoms with Crippen LogP contribution in [0.15, 0.2) is 94.7 Å². The van der Waals surface area contributed by atoms with Gasteiger partial charge in [-0.1, -0.05) is 48.6 Å². The fraction of sp³-hybridized carbons (Fsp3) is 0.190. The standard InChI is InChI=1S/C42H44N12O14S2.4Na/c55-19-15-53(16-20-56)41-49-37(43-29-9-5-27(6-10-29)35(59)60)47-39(51-41)45-31-13-3-25(33(23-31)69(63,64)65)1-2-26-4-14-32(24-34(26)70(66,67)68)46-40-48-38(44-30-11-7-28(8-12-30)36(61)62)50-42(52-40)54(17-21-57)18-22-58;;;;/h1-14,23-24,55-58H,15-22H2,(H,59,60)(H,61,62)(H,63,64,65)(H,66,67,68)(H2,43,45,47,49,51)(H2,44,46,48,50,52);;;;/q;4*+1/p-4/b2-1+;;;;. The van der Waals surface area contributed by atoms with Gasteiger partial charge in [-0.15, -0.1) is 0 Å². The number of benzene rings is 4. The molecule has 0 unspecified atom stereocenters. The molecule has 0 aliphatic carbocycles. The molecular weight excluding hydrogens is 1050 g/mol. The number of aromatic nitrogens is 6. The zero-order chi connectivity index (χ0) is 50.6. The molecule has 74 heavy (non-hydrogen) atoms. The number of rotatable bonds is 24. The molecule has 0 fully saturated rings. The molecule has 4 aromatic carbocycles. The molecule has 0 radical (unpaired) electrons. The summed E-state index contributed by atoms with van der Waals surface area (Å²) in [5.41, 5.74) is -0.0582. The molecule has 6 rings (SSSR count). The van der Waals surface area contributed by atoms with E-state index in [1.54, 1.807) is 0 Å². The van der Waals surface area contributed by atoms with Crippen LogP contribution in [0.3, 0.4) is 0 Å². The van der Waals surface area contributed by atoms with E-state index in [0.717, 1.165) is 24.3 Å². The molecule has 0 saturated heterocycles. The summed E-state index contributed by atoms with van der Waals surface area (Å²) in [6, 6.07) is 17.7. The fourth-order valence-corrected chi connectivity index (χ4v) is 7.74. The fourth-order valence-electron chi connectivity index (χ4n) is 6.35. The van der Waals surface area contributed by atoms with Crippen LogP contribution in [0.1, 0.15) is 31.8 Å². The van der Waals surface area contributed by atoms with Crippen LogP contribution in [-0.4, -0.2) is 141 Å². The van der Waals surface area contributed by atoms with E-state index < -0.39 is 42.0 Å². The third-order valence-corrected chi connectivity index (χ3v) is 11.4. The Bertz CT molecular complexity index is 2900. The Morgan fingerprint density at radius 1 is 0.459 bits per heavy atom. The minimum atomic E-state index is -5.26. The molecule has 32 heteroatoms. The van der Waals surface area contributed by atoms with Gasteiger partial charge in [0, 0.05) is 48.9 Å². The predicted molar refractivity (Wildman–Crippen MR) is 245 cm³/mol. The molecule has 0 saturated carbocycles. The zero-order valence-electron chi connectivity index (χ0n) is 40.2. The number of nitrogens with one attached hydrogen (secondary N) is 4. The van der Waals surface area contributed by atoms with Crippen LogP contribution in [0.5, 0.6) is 0 Å². The molecular formula is C42H40N12Na4O14S2. The van der Waals surface area contributed by atoms with Crippen molar-refractivity contribution < 1.29 is 184 Å². The van der Waals surface area contributed by atoms with Crippen molar-refractivity contribution in [3.05, 3.63) is 107 Å². The number of carboxylic acid groups (broad SMARTS) is 2. The number of nitrogens with zero attached hydrogens (tertiary/aromatic N) is 8. The number of carbonyl (C=O) groups excluding carboxylic acids is 2. The van der Waals surface area contributed by atoms with Crippen LogP contribution in [-0.2, 0) is 20.2 Å². The van der Waals surface area contributed by atoms with Crippen molar-refractivity contribution in [2.24, 2.45) is 0 Å². The molecule has 6 aromatic rings. The van der Waals surface area contributed by atoms with Crippen LogP contribution in [0.25, 0.3) is 12.2 Å². The molecule has 26 nitrogen and oxygen atoms in total. The molecule has 0 aliphatic heterocycles. The van der Waals surface area contributed by atoms with E-state index in [1.165, 1.54) is 82.6 Å². The van der Waals surface area contributed by atoms with Crippen molar-refractivity contribution in [2.75, 3.05) is 83.7 Å². The van der Waals surface area contributed by atoms with Crippen molar-refractivity contribution in [1.82, 2.24) is 29.9 Å². The molecule has 0 spiro atoms. The third kappa shape index (κ3) is 18.9. The topological polar surface area (TPSA) is 408 Å². The van der Waals surface area contributed by atoms with Crippen LogP contribution in [0.2, 0.25) is 0 Å². The molecule has 0 bridgehead atoms. The minimum absolute atomic E-state index is 0. The summed E-state index contributed by atoms with van der Waals surface area (Å²) in [5, 5.41) is 72.3. The van der Waals surface area contributed by atoms with Gasteiger partial charge < -0.3 is 80.4 Å². The predicted octanol–water partition coefficient (Wildman–Crippen LogP) is -12.7. The van der Waals surface area contributed by atoms with Gasteiger partial charge in [-0.3, -0.25) is 0 Å². The smallest absolute Gasteiger partial charge is 0.744 e. The van der Waals surface area contributed by atoms with Gasteiger partial charge in [-0.25, -0.2) is 16.8 Å². The first-order chi connectivity index (χ1) is 33.4. The van der Waals surface area contributed by atoms with E-state index in [9.17, 15) is 66.2 Å². The Morgan fingerprint density at radius 2 is 0.730 bits per heavy atom. The second-order valence-corrected chi connectivity index (χ2v) is 17.1. The summed E-state index contributed by atoms with van der Waals surface area (Å²) in [6.07, 6.45) is 2.18. The van der Waals surface area contributed by atoms with Gasteiger partial charge in [-0.2, -0.15) is 29.9 Å². The first kappa shape index (κ1) is 66.2. The first-order valence-electron chi connectivity index (χ1n) is 20.4. The second kappa shape index (κ2) is 30.7. The SMILES string of the molecule is O=C([O-])c1ccc(Nc2nc(Nc3ccc(/C=C/c4ccc(Nc5nc(Nc6ccc(C(=O)[O-])cc6)nc(N(CCO)CCO)n5)cc4S(=O)(=O)[O-])c(S(=O)(=O)[O-])c3)nc(N(CCO)CCO)n2)cc1.[Na+].[Na+].[Na+].[Na+]. The number of carbonyl (C=O) groups is 2. The molecule has 8 N–H and O–H groups in total. The number of hydrogen-bond donors (Lipinski definition) is 8. The maximum atomic E-state index is 12.6. The monoisotopic (exact) mass is 1090 g/mol. The molecule has 0 aliphatic rings. The molecule has 2 aromatic heterocycles. The van der Waals surface area contributed by atoms with E-state index in [0.29, 0.717) is 11.4 Å². The minimum Gasteiger partial charge on any atom is -0.744 e. The van der Waals surface area contributed by atoms with Crippen molar-refractivity contribution in [3.63, 3.8) is 0 Å². The Morgan fingerprint density at radius 3 is 0.986 bits per heavy atom. The van der Waals surface area contributed by atoms with Gasteiger partial charge in [0.2, 0.25) is 35.7 Å². The van der Waals surface area contributed by atoms with Gasteiger partial charge in [0.05, 0.1) is 48.2 Å². The van der Waals surface area contributed by atoms with Crippen molar-refractivity contribution in [1.29, 1.82) is 0 Å². The molecule has 368 valence electrons. The van der Waals surface area contributed by atoms with E-state index in [2.05, 4.69) is 51.2 Å². The van der Waals surface area contributed by atoms with E-state index in [-0.39, 0.29) is 240 Å². The van der Waals surface area contributed by atoms with Gasteiger partial charge in [0.15, 0.2) is 0 Å². The molecule has 0 atom stereocenters. The summed E-state index contributed by atoms with van der Waals surface area (Å²) in [4.78, 5) is 49.5. The average Bonchev–Trinajstić information content (AvgIpc) is 3.31. The van der Waals surface area contributed by atoms with Gasteiger partial charge >= 0.3 is 118 Å². The number of carboxylic acids is 2. The number of aliphatic hydroxyl groups excluding tert-OH is 4. The van der Waals surface area contributed by atoms with Gasteiger partial charge in [-0.05, 0) is 70.8 Å². The Kier molecular flexibility index (Phi) is 27.4. The molecule has 2 heterocycles. The van der Waals surface area contributed by atoms with Crippen molar-refractivity contribution in [3.8, 4) is 0 Å². The van der Waals surface area contributed by atoms with Gasteiger partial charge in [0.25, 0.3) is 0 Å². The average molecular weight is 1090 g/mol. The van der Waals surface area contributed by atoms with E-state index >= 15 is 0 Å². The van der Waals surface area contributed by atoms with E-state index in [4.69, 9.17) is 0 Å². The normalized spacial score (nSPS) is 10.9. The Hall–Kier alpha value is -3.96. The van der Waals surface area contributed by atoms with Crippen LogP contribution in [0, 0.1) is 0 Å². The molecule has 0 amide bonds. The van der Waals surface area contributed by atoms with Crippen molar-refractivity contribution >= 4 is 103 Å². The summed E-state index contributed by atoms with van der Waals surface area (Å²) >= 11 is 0. The number of aliphatic hydroxyl groups is 4. The quantitative estimate of drug-likeness (QED) is 0.0158. The summed E-state index contributed by atoms with van der Waals surface area (Å²) in [7, 11) is -10.5. The first-order valence-corrected chi connectivity index (χ1v) is 23.2. The van der Waals surface area contributed by atoms with Crippen LogP contribution >= 0.6 is 0 Å². The Balaban J connectivity index is 0.00000469. The number of hydrogen-bond acceptors (Lipinski definition) is 26.